The minimum Gasteiger partial charge on any atom is -0.342 e. The fraction of sp³-hybridized carbons (Fsp3) is 0.471. The molecule has 1 unspecified atom stereocenters. The molecule has 8 nitrogen and oxygen atoms in total. The highest BCUT2D eigenvalue weighted by molar-refractivity contribution is 5.88. The van der Waals surface area contributed by atoms with Gasteiger partial charge in [0.2, 0.25) is 17.8 Å². The molecule has 1 fully saturated rings. The number of nitrogens with one attached hydrogen (secondary N) is 2. The molecule has 1 aliphatic heterocycles. The number of piperidine rings is 1. The van der Waals surface area contributed by atoms with Crippen LogP contribution in [0.2, 0.25) is 0 Å². The number of H-pyrrole nitrogens is 1. The number of hydrogen-bond donors (Lipinski definition) is 2. The lowest BCUT2D eigenvalue weighted by atomic mass is 9.95. The highest BCUT2D eigenvalue weighted by Crippen LogP contribution is 2.25. The molecular weight excluding hydrogens is 320 g/mol. The number of amides is 2. The topological polar surface area (TPSA) is 104 Å². The van der Waals surface area contributed by atoms with E-state index in [4.69, 9.17) is 0 Å². The number of anilines is 1. The fourth-order valence-corrected chi connectivity index (χ4v) is 3.01. The van der Waals surface area contributed by atoms with Crippen LogP contribution >= 0.6 is 0 Å². The van der Waals surface area contributed by atoms with Crippen LogP contribution in [-0.2, 0) is 16.0 Å². The van der Waals surface area contributed by atoms with Gasteiger partial charge in [-0.05, 0) is 19.3 Å². The van der Waals surface area contributed by atoms with Crippen molar-refractivity contribution in [3.8, 4) is 0 Å². The predicted molar refractivity (Wildman–Crippen MR) is 91.8 cm³/mol. The number of imidazole rings is 1. The molecule has 2 amide bonds. The maximum absolute atomic E-state index is 11.9. The van der Waals surface area contributed by atoms with Gasteiger partial charge in [-0.3, -0.25) is 24.9 Å². The zero-order valence-corrected chi connectivity index (χ0v) is 14.2. The summed E-state index contributed by atoms with van der Waals surface area (Å²) in [6.07, 6.45) is 9.48. The van der Waals surface area contributed by atoms with Gasteiger partial charge >= 0.3 is 0 Å². The molecule has 8 heteroatoms. The Morgan fingerprint density at radius 3 is 3.04 bits per heavy atom. The molecule has 25 heavy (non-hydrogen) atoms. The van der Waals surface area contributed by atoms with Gasteiger partial charge in [-0.2, -0.15) is 0 Å². The first-order chi connectivity index (χ1) is 12.1. The molecule has 2 N–H and O–H groups in total. The van der Waals surface area contributed by atoms with Gasteiger partial charge in [0.25, 0.3) is 0 Å². The van der Waals surface area contributed by atoms with Gasteiger partial charge in [0, 0.05) is 57.1 Å². The van der Waals surface area contributed by atoms with E-state index < -0.39 is 0 Å². The van der Waals surface area contributed by atoms with Crippen LogP contribution < -0.4 is 5.32 Å². The lowest BCUT2D eigenvalue weighted by molar-refractivity contribution is -0.130. The Bertz CT molecular complexity index is 730. The van der Waals surface area contributed by atoms with Gasteiger partial charge in [0.15, 0.2) is 0 Å². The molecule has 0 saturated carbocycles. The van der Waals surface area contributed by atoms with Crippen molar-refractivity contribution in [1.29, 1.82) is 0 Å². The van der Waals surface area contributed by atoms with E-state index >= 15 is 0 Å². The van der Waals surface area contributed by atoms with E-state index in [-0.39, 0.29) is 17.7 Å². The summed E-state index contributed by atoms with van der Waals surface area (Å²) >= 11 is 0. The molecule has 0 bridgehead atoms. The van der Waals surface area contributed by atoms with E-state index in [0.717, 1.165) is 30.8 Å². The maximum Gasteiger partial charge on any atom is 0.227 e. The highest BCUT2D eigenvalue weighted by Gasteiger charge is 2.24. The summed E-state index contributed by atoms with van der Waals surface area (Å²) in [4.78, 5) is 41.1. The molecule has 0 spiro atoms. The summed E-state index contributed by atoms with van der Waals surface area (Å²) in [5, 5.41) is 2.69. The Morgan fingerprint density at radius 1 is 1.40 bits per heavy atom. The molecule has 0 aliphatic carbocycles. The third kappa shape index (κ3) is 4.62. The van der Waals surface area contributed by atoms with Crippen molar-refractivity contribution in [2.45, 2.75) is 38.5 Å². The van der Waals surface area contributed by atoms with E-state index in [9.17, 15) is 9.59 Å². The minimum absolute atomic E-state index is 0.100. The normalized spacial score (nSPS) is 17.3. The minimum atomic E-state index is -0.123. The average Bonchev–Trinajstić information content (AvgIpc) is 3.13. The smallest absolute Gasteiger partial charge is 0.227 e. The van der Waals surface area contributed by atoms with Gasteiger partial charge < -0.3 is 9.88 Å². The summed E-state index contributed by atoms with van der Waals surface area (Å²) in [7, 11) is 0. The molecule has 3 heterocycles. The number of likely N-dealkylation sites (tertiary alicyclic amines) is 1. The fourth-order valence-electron chi connectivity index (χ4n) is 3.01. The zero-order chi connectivity index (χ0) is 17.6. The lowest BCUT2D eigenvalue weighted by Crippen LogP contribution is -2.37. The van der Waals surface area contributed by atoms with Gasteiger partial charge in [-0.15, -0.1) is 0 Å². The van der Waals surface area contributed by atoms with Crippen molar-refractivity contribution < 1.29 is 9.59 Å². The van der Waals surface area contributed by atoms with Crippen molar-refractivity contribution in [1.82, 2.24) is 24.8 Å². The number of hydrogen-bond acceptors (Lipinski definition) is 5. The number of rotatable bonds is 5. The van der Waals surface area contributed by atoms with Gasteiger partial charge in [0.05, 0.1) is 11.4 Å². The molecule has 1 aliphatic rings. The highest BCUT2D eigenvalue weighted by atomic mass is 16.2. The van der Waals surface area contributed by atoms with Gasteiger partial charge in [-0.25, -0.2) is 4.98 Å². The number of aryl methyl sites for hydroxylation is 1. The molecule has 1 atom stereocenters. The van der Waals surface area contributed by atoms with Crippen molar-refractivity contribution in [2.75, 3.05) is 18.4 Å². The number of nitrogens with zero attached hydrogens (tertiary/aromatic N) is 4. The van der Waals surface area contributed by atoms with Crippen LogP contribution in [-0.4, -0.2) is 49.7 Å². The summed E-state index contributed by atoms with van der Waals surface area (Å²) in [5.41, 5.74) is 1.68. The molecule has 2 aromatic heterocycles. The van der Waals surface area contributed by atoms with E-state index in [1.54, 1.807) is 31.7 Å². The quantitative estimate of drug-likeness (QED) is 0.857. The van der Waals surface area contributed by atoms with Crippen LogP contribution in [0, 0.1) is 0 Å². The Balaban J connectivity index is 1.57. The van der Waals surface area contributed by atoms with Crippen LogP contribution in [0.15, 0.2) is 24.8 Å². The van der Waals surface area contributed by atoms with Crippen molar-refractivity contribution >= 4 is 17.8 Å². The van der Waals surface area contributed by atoms with Gasteiger partial charge in [0.1, 0.15) is 0 Å². The second kappa shape index (κ2) is 7.87. The van der Waals surface area contributed by atoms with Crippen LogP contribution in [0.4, 0.5) is 5.95 Å². The Hall–Kier alpha value is -2.77. The second-order valence-electron chi connectivity index (χ2n) is 6.23. The summed E-state index contributed by atoms with van der Waals surface area (Å²) in [6.45, 7) is 3.10. The molecule has 0 aromatic carbocycles. The van der Waals surface area contributed by atoms with Crippen molar-refractivity contribution in [3.05, 3.63) is 36.2 Å². The second-order valence-corrected chi connectivity index (χ2v) is 6.23. The van der Waals surface area contributed by atoms with Gasteiger partial charge in [-0.1, -0.05) is 0 Å². The molecule has 3 rings (SSSR count). The van der Waals surface area contributed by atoms with Crippen molar-refractivity contribution in [2.24, 2.45) is 0 Å². The maximum atomic E-state index is 11.9. The molecule has 132 valence electrons. The third-order valence-corrected chi connectivity index (χ3v) is 4.35. The summed E-state index contributed by atoms with van der Waals surface area (Å²) < 4.78 is 0. The Morgan fingerprint density at radius 2 is 2.28 bits per heavy atom. The first-order valence-corrected chi connectivity index (χ1v) is 8.47. The largest absolute Gasteiger partial charge is 0.342 e. The molecular formula is C17H22N6O2. The monoisotopic (exact) mass is 342 g/mol. The average molecular weight is 342 g/mol. The standard InChI is InChI=1S/C17H22N6O2/c1-12(24)23-8-2-3-13(11-23)15-10-18-9-14(21-15)4-5-16(25)22-17-19-6-7-20-17/h6-7,9-10,13H,2-5,8,11H2,1H3,(H2,19,20,22,25). The molecule has 1 saturated heterocycles. The lowest BCUT2D eigenvalue weighted by Gasteiger charge is -2.31. The predicted octanol–water partition coefficient (Wildman–Crippen LogP) is 1.50. The molecule has 2 aromatic rings. The van der Waals surface area contributed by atoms with E-state index in [1.807, 2.05) is 4.90 Å². The number of carbonyl (C=O) groups excluding carboxylic acids is 2. The summed E-state index contributed by atoms with van der Waals surface area (Å²) in [5.74, 6) is 0.629. The van der Waals surface area contributed by atoms with Crippen molar-refractivity contribution in [3.63, 3.8) is 0 Å². The van der Waals surface area contributed by atoms with E-state index in [0.29, 0.717) is 25.3 Å². The van der Waals surface area contributed by atoms with Crippen LogP contribution in [0.3, 0.4) is 0 Å². The summed E-state index contributed by atoms with van der Waals surface area (Å²) in [6, 6.07) is 0. The third-order valence-electron chi connectivity index (χ3n) is 4.35. The molecule has 0 radical (unpaired) electrons. The van der Waals surface area contributed by atoms with E-state index in [2.05, 4.69) is 25.3 Å². The van der Waals surface area contributed by atoms with Crippen LogP contribution in [0.1, 0.15) is 43.5 Å². The number of aromatic nitrogens is 4. The Labute approximate surface area is 146 Å². The first kappa shape index (κ1) is 17.1. The van der Waals surface area contributed by atoms with Crippen LogP contribution in [0.25, 0.3) is 0 Å². The number of carbonyl (C=O) groups is 2. The number of aromatic amines is 1. The Kier molecular flexibility index (Phi) is 5.37. The zero-order valence-electron chi connectivity index (χ0n) is 14.2. The van der Waals surface area contributed by atoms with Crippen LogP contribution in [0.5, 0.6) is 0 Å². The van der Waals surface area contributed by atoms with E-state index in [1.165, 1.54) is 0 Å². The first-order valence-electron chi connectivity index (χ1n) is 8.47. The SMILES string of the molecule is CC(=O)N1CCCC(c2cncc(CCC(=O)Nc3ncc[nH]3)n2)C1.